The standard InChI is InChI=1S/C12H19F3N2O2S2/c1-3-16-7-6-10-4-5-11(20-10)21(18,19)17-9(2)8-12(13,14)15/h4-5,9,16-17H,3,6-8H2,1-2H3. The molecule has 0 fully saturated rings. The van der Waals surface area contributed by atoms with Gasteiger partial charge in [-0.15, -0.1) is 11.3 Å². The van der Waals surface area contributed by atoms with Gasteiger partial charge < -0.3 is 5.32 Å². The average molecular weight is 344 g/mol. The summed E-state index contributed by atoms with van der Waals surface area (Å²) in [7, 11) is -3.89. The number of thiophene rings is 1. The van der Waals surface area contributed by atoms with Gasteiger partial charge in [-0.3, -0.25) is 0 Å². The topological polar surface area (TPSA) is 58.2 Å². The van der Waals surface area contributed by atoms with Crippen LogP contribution in [0.25, 0.3) is 0 Å². The Labute approximate surface area is 126 Å². The van der Waals surface area contributed by atoms with Crippen molar-refractivity contribution < 1.29 is 21.6 Å². The Hall–Kier alpha value is -0.640. The zero-order valence-electron chi connectivity index (χ0n) is 11.8. The fourth-order valence-electron chi connectivity index (χ4n) is 1.74. The summed E-state index contributed by atoms with van der Waals surface area (Å²) in [6.07, 6.45) is -4.90. The van der Waals surface area contributed by atoms with Crippen LogP contribution < -0.4 is 10.0 Å². The SMILES string of the molecule is CCNCCc1ccc(S(=O)(=O)NC(C)CC(F)(F)F)s1. The fourth-order valence-corrected chi connectivity index (χ4v) is 4.35. The molecule has 0 saturated carbocycles. The number of nitrogens with one attached hydrogen (secondary N) is 2. The Bertz CT molecular complexity index is 541. The van der Waals surface area contributed by atoms with Gasteiger partial charge in [0.1, 0.15) is 4.21 Å². The highest BCUT2D eigenvalue weighted by molar-refractivity contribution is 7.91. The molecule has 0 aliphatic heterocycles. The molecule has 1 aromatic heterocycles. The molecule has 2 N–H and O–H groups in total. The van der Waals surface area contributed by atoms with Crippen LogP contribution in [-0.4, -0.2) is 33.7 Å². The van der Waals surface area contributed by atoms with Crippen LogP contribution in [0.3, 0.4) is 0 Å². The maximum Gasteiger partial charge on any atom is 0.390 e. The van der Waals surface area contributed by atoms with Crippen LogP contribution in [0.4, 0.5) is 13.2 Å². The van der Waals surface area contributed by atoms with Gasteiger partial charge in [-0.1, -0.05) is 6.92 Å². The third-order valence-electron chi connectivity index (χ3n) is 2.59. The highest BCUT2D eigenvalue weighted by Gasteiger charge is 2.32. The first kappa shape index (κ1) is 18.4. The quantitative estimate of drug-likeness (QED) is 0.713. The maximum atomic E-state index is 12.2. The van der Waals surface area contributed by atoms with E-state index in [0.717, 1.165) is 29.3 Å². The molecule has 0 aliphatic carbocycles. The van der Waals surface area contributed by atoms with Gasteiger partial charge in [0, 0.05) is 10.9 Å². The highest BCUT2D eigenvalue weighted by atomic mass is 32.2. The molecule has 4 nitrogen and oxygen atoms in total. The van der Waals surface area contributed by atoms with E-state index in [0.29, 0.717) is 6.42 Å². The zero-order chi connectivity index (χ0) is 16.1. The van der Waals surface area contributed by atoms with Gasteiger partial charge in [0.25, 0.3) is 0 Å². The van der Waals surface area contributed by atoms with Crippen LogP contribution in [0, 0.1) is 0 Å². The molecule has 9 heteroatoms. The minimum atomic E-state index is -4.39. The predicted molar refractivity (Wildman–Crippen MR) is 77.0 cm³/mol. The molecule has 0 aromatic carbocycles. The van der Waals surface area contributed by atoms with Gasteiger partial charge in [0.2, 0.25) is 10.0 Å². The summed E-state index contributed by atoms with van der Waals surface area (Å²) in [6, 6.07) is 1.92. The van der Waals surface area contributed by atoms with Gasteiger partial charge in [0.15, 0.2) is 0 Å². The van der Waals surface area contributed by atoms with Crippen LogP contribution in [0.2, 0.25) is 0 Å². The average Bonchev–Trinajstić information content (AvgIpc) is 2.75. The molecule has 0 aliphatic rings. The fraction of sp³-hybridized carbons (Fsp3) is 0.667. The lowest BCUT2D eigenvalue weighted by Gasteiger charge is -2.15. The lowest BCUT2D eigenvalue weighted by atomic mass is 10.2. The summed E-state index contributed by atoms with van der Waals surface area (Å²) < 4.78 is 62.7. The van der Waals surface area contributed by atoms with Crippen LogP contribution in [0.1, 0.15) is 25.1 Å². The van der Waals surface area contributed by atoms with E-state index < -0.39 is 28.7 Å². The lowest BCUT2D eigenvalue weighted by molar-refractivity contribution is -0.137. The Morgan fingerprint density at radius 1 is 1.33 bits per heavy atom. The van der Waals surface area contributed by atoms with Crippen molar-refractivity contribution in [2.45, 2.75) is 43.1 Å². The van der Waals surface area contributed by atoms with E-state index in [2.05, 4.69) is 10.0 Å². The number of halogens is 3. The Kier molecular flexibility index (Phi) is 6.64. The second kappa shape index (κ2) is 7.57. The molecular weight excluding hydrogens is 325 g/mol. The first-order valence-corrected chi connectivity index (χ1v) is 8.82. The summed E-state index contributed by atoms with van der Waals surface area (Å²) in [4.78, 5) is 0.875. The number of rotatable bonds is 8. The van der Waals surface area contributed by atoms with Gasteiger partial charge in [-0.05, 0) is 38.6 Å². The van der Waals surface area contributed by atoms with E-state index in [9.17, 15) is 21.6 Å². The first-order chi connectivity index (χ1) is 9.64. The van der Waals surface area contributed by atoms with E-state index in [-0.39, 0.29) is 4.21 Å². The summed E-state index contributed by atoms with van der Waals surface area (Å²) >= 11 is 1.08. The number of hydrogen-bond donors (Lipinski definition) is 2. The van der Waals surface area contributed by atoms with Crippen LogP contribution >= 0.6 is 11.3 Å². The maximum absolute atomic E-state index is 12.2. The molecule has 0 bridgehead atoms. The van der Waals surface area contributed by atoms with E-state index in [4.69, 9.17) is 0 Å². The molecule has 0 spiro atoms. The monoisotopic (exact) mass is 344 g/mol. The second-order valence-corrected chi connectivity index (χ2v) is 7.78. The van der Waals surface area contributed by atoms with Crippen molar-refractivity contribution >= 4 is 21.4 Å². The van der Waals surface area contributed by atoms with Crippen molar-refractivity contribution in [2.75, 3.05) is 13.1 Å². The Balaban J connectivity index is 2.66. The molecule has 0 amide bonds. The molecule has 1 rings (SSSR count). The predicted octanol–water partition coefficient (Wildman–Crippen LogP) is 2.52. The van der Waals surface area contributed by atoms with Crippen LogP contribution in [-0.2, 0) is 16.4 Å². The first-order valence-electron chi connectivity index (χ1n) is 6.52. The minimum absolute atomic E-state index is 0.0445. The number of hydrogen-bond acceptors (Lipinski definition) is 4. The molecule has 122 valence electrons. The van der Waals surface area contributed by atoms with Crippen molar-refractivity contribution in [2.24, 2.45) is 0 Å². The third-order valence-corrected chi connectivity index (χ3v) is 5.82. The van der Waals surface area contributed by atoms with Crippen molar-refractivity contribution in [3.63, 3.8) is 0 Å². The van der Waals surface area contributed by atoms with Crippen molar-refractivity contribution in [3.8, 4) is 0 Å². The molecule has 1 unspecified atom stereocenters. The summed E-state index contributed by atoms with van der Waals surface area (Å²) in [5.41, 5.74) is 0. The van der Waals surface area contributed by atoms with Crippen molar-refractivity contribution in [1.82, 2.24) is 10.0 Å². The molecular formula is C12H19F3N2O2S2. The van der Waals surface area contributed by atoms with E-state index in [1.165, 1.54) is 13.0 Å². The van der Waals surface area contributed by atoms with E-state index >= 15 is 0 Å². The Morgan fingerprint density at radius 2 is 2.00 bits per heavy atom. The van der Waals surface area contributed by atoms with Crippen LogP contribution in [0.5, 0.6) is 0 Å². The number of likely N-dealkylation sites (N-methyl/N-ethyl adjacent to an activating group) is 1. The van der Waals surface area contributed by atoms with Gasteiger partial charge in [0.05, 0.1) is 6.42 Å². The van der Waals surface area contributed by atoms with Crippen molar-refractivity contribution in [1.29, 1.82) is 0 Å². The van der Waals surface area contributed by atoms with Crippen LogP contribution in [0.15, 0.2) is 16.3 Å². The van der Waals surface area contributed by atoms with Gasteiger partial charge in [-0.2, -0.15) is 13.2 Å². The normalized spacial score (nSPS) is 14.3. The molecule has 21 heavy (non-hydrogen) atoms. The molecule has 1 atom stereocenters. The summed E-state index contributed by atoms with van der Waals surface area (Å²) in [6.45, 7) is 4.72. The van der Waals surface area contributed by atoms with Gasteiger partial charge >= 0.3 is 6.18 Å². The van der Waals surface area contributed by atoms with Gasteiger partial charge in [-0.25, -0.2) is 13.1 Å². The number of sulfonamides is 1. The van der Waals surface area contributed by atoms with E-state index in [1.807, 2.05) is 6.92 Å². The van der Waals surface area contributed by atoms with Crippen molar-refractivity contribution in [3.05, 3.63) is 17.0 Å². The smallest absolute Gasteiger partial charge is 0.317 e. The third kappa shape index (κ3) is 6.77. The molecule has 1 heterocycles. The molecule has 0 saturated heterocycles. The van der Waals surface area contributed by atoms with E-state index in [1.54, 1.807) is 6.07 Å². The summed E-state index contributed by atoms with van der Waals surface area (Å²) in [5, 5.41) is 3.12. The minimum Gasteiger partial charge on any atom is -0.317 e. The lowest BCUT2D eigenvalue weighted by Crippen LogP contribution is -2.35. The Morgan fingerprint density at radius 3 is 2.57 bits per heavy atom. The largest absolute Gasteiger partial charge is 0.390 e. The summed E-state index contributed by atoms with van der Waals surface area (Å²) in [5.74, 6) is 0. The zero-order valence-corrected chi connectivity index (χ0v) is 13.5. The highest BCUT2D eigenvalue weighted by Crippen LogP contribution is 2.25. The number of alkyl halides is 3. The molecule has 0 radical (unpaired) electrons. The second-order valence-electron chi connectivity index (χ2n) is 4.67. The molecule has 1 aromatic rings.